The second-order valence-corrected chi connectivity index (χ2v) is 9.82. The summed E-state index contributed by atoms with van der Waals surface area (Å²) in [6.07, 6.45) is 3.47. The van der Waals surface area contributed by atoms with Gasteiger partial charge in [0, 0.05) is 19.2 Å². The molecule has 2 N–H and O–H groups in total. The van der Waals surface area contributed by atoms with Crippen LogP contribution < -0.4 is 4.72 Å². The lowest BCUT2D eigenvalue weighted by atomic mass is 9.98. The Bertz CT molecular complexity index is 1160. The van der Waals surface area contributed by atoms with Crippen molar-refractivity contribution in [2.24, 2.45) is 0 Å². The van der Waals surface area contributed by atoms with E-state index in [1.165, 1.54) is 18.2 Å². The molecule has 0 amide bonds. The molecule has 176 valence electrons. The van der Waals surface area contributed by atoms with E-state index in [-0.39, 0.29) is 12.7 Å². The third-order valence-electron chi connectivity index (χ3n) is 5.72. The summed E-state index contributed by atoms with van der Waals surface area (Å²) in [5.74, 6) is -0.820. The van der Waals surface area contributed by atoms with Gasteiger partial charge in [0.1, 0.15) is 10.7 Å². The lowest BCUT2D eigenvalue weighted by Gasteiger charge is -2.36. The summed E-state index contributed by atoms with van der Waals surface area (Å²) in [5.41, 5.74) is 2.04. The summed E-state index contributed by atoms with van der Waals surface area (Å²) in [7, 11) is -4.07. The minimum Gasteiger partial charge on any atom is -0.394 e. The number of benzene rings is 2. The molecule has 1 aliphatic heterocycles. The monoisotopic (exact) mass is 474 g/mol. The number of aliphatic hydroxyl groups is 1. The SMILES string of the molecule is O=S(=O)(N[C@H]1CC[C@@H](CCn2cc(Cc3ccccc3)nn2)O[C@@H]1CO)c1ccccc1F. The molecule has 2 aromatic carbocycles. The topological polar surface area (TPSA) is 106 Å². The van der Waals surface area contributed by atoms with Gasteiger partial charge in [-0.3, -0.25) is 4.68 Å². The molecule has 10 heteroatoms. The third kappa shape index (κ3) is 6.02. The Balaban J connectivity index is 1.30. The standard InChI is InChI=1S/C23H27FN4O4S/c24-20-8-4-5-9-23(20)33(30,31)26-21-11-10-19(32-22(21)16-29)12-13-28-15-18(25-27-28)14-17-6-2-1-3-7-17/h1-9,15,19,21-22,26,29H,10-14,16H2/t19-,21-,22+/m0/s1. The molecule has 0 aliphatic carbocycles. The third-order valence-corrected chi connectivity index (χ3v) is 7.25. The van der Waals surface area contributed by atoms with E-state index >= 15 is 0 Å². The van der Waals surface area contributed by atoms with E-state index in [2.05, 4.69) is 15.0 Å². The van der Waals surface area contributed by atoms with E-state index in [1.54, 1.807) is 4.68 Å². The summed E-state index contributed by atoms with van der Waals surface area (Å²) in [4.78, 5) is -0.415. The van der Waals surface area contributed by atoms with Crippen molar-refractivity contribution >= 4 is 10.0 Å². The van der Waals surface area contributed by atoms with Crippen molar-refractivity contribution in [2.75, 3.05) is 6.61 Å². The van der Waals surface area contributed by atoms with Crippen LogP contribution in [0.15, 0.2) is 65.7 Å². The molecule has 0 unspecified atom stereocenters. The van der Waals surface area contributed by atoms with Gasteiger partial charge in [0.15, 0.2) is 0 Å². The van der Waals surface area contributed by atoms with Crippen LogP contribution in [0.2, 0.25) is 0 Å². The summed E-state index contributed by atoms with van der Waals surface area (Å²) >= 11 is 0. The number of ether oxygens (including phenoxy) is 1. The number of nitrogens with one attached hydrogen (secondary N) is 1. The van der Waals surface area contributed by atoms with Crippen molar-refractivity contribution in [3.8, 4) is 0 Å². The van der Waals surface area contributed by atoms with E-state index in [4.69, 9.17) is 4.74 Å². The molecule has 1 aromatic heterocycles. The average Bonchev–Trinajstić information content (AvgIpc) is 3.26. The molecular formula is C23H27FN4O4S. The van der Waals surface area contributed by atoms with E-state index < -0.39 is 32.9 Å². The van der Waals surface area contributed by atoms with Crippen molar-refractivity contribution in [1.82, 2.24) is 19.7 Å². The predicted molar refractivity (Wildman–Crippen MR) is 119 cm³/mol. The molecule has 2 heterocycles. The van der Waals surface area contributed by atoms with Gasteiger partial charge in [-0.25, -0.2) is 17.5 Å². The van der Waals surface area contributed by atoms with Crippen LogP contribution in [0.25, 0.3) is 0 Å². The zero-order valence-corrected chi connectivity index (χ0v) is 18.9. The van der Waals surface area contributed by atoms with Gasteiger partial charge < -0.3 is 9.84 Å². The minimum absolute atomic E-state index is 0.155. The molecule has 3 aromatic rings. The number of aryl methyl sites for hydroxylation is 1. The van der Waals surface area contributed by atoms with Crippen LogP contribution in [0.1, 0.15) is 30.5 Å². The first-order chi connectivity index (χ1) is 15.9. The minimum atomic E-state index is -4.07. The van der Waals surface area contributed by atoms with Crippen LogP contribution in [0, 0.1) is 5.82 Å². The molecule has 1 fully saturated rings. The summed E-state index contributed by atoms with van der Waals surface area (Å²) < 4.78 is 49.4. The zero-order chi connectivity index (χ0) is 23.3. The number of hydrogen-bond donors (Lipinski definition) is 2. The Morgan fingerprint density at radius 2 is 1.88 bits per heavy atom. The summed E-state index contributed by atoms with van der Waals surface area (Å²) in [6, 6.07) is 14.6. The molecule has 1 saturated heterocycles. The molecule has 1 aliphatic rings. The molecule has 4 rings (SSSR count). The lowest BCUT2D eigenvalue weighted by Crippen LogP contribution is -2.51. The maximum absolute atomic E-state index is 14.0. The number of aliphatic hydroxyl groups excluding tert-OH is 1. The fraction of sp³-hybridized carbons (Fsp3) is 0.391. The highest BCUT2D eigenvalue weighted by atomic mass is 32.2. The first-order valence-corrected chi connectivity index (χ1v) is 12.4. The van der Waals surface area contributed by atoms with Gasteiger partial charge in [-0.15, -0.1) is 5.10 Å². The first kappa shape index (κ1) is 23.5. The number of nitrogens with zero attached hydrogens (tertiary/aromatic N) is 3. The Kier molecular flexibility index (Phi) is 7.49. The normalized spacial score (nSPS) is 21.2. The fourth-order valence-electron chi connectivity index (χ4n) is 4.01. The molecule has 0 spiro atoms. The zero-order valence-electron chi connectivity index (χ0n) is 18.0. The van der Waals surface area contributed by atoms with E-state index in [0.29, 0.717) is 32.2 Å². The summed E-state index contributed by atoms with van der Waals surface area (Å²) in [5, 5.41) is 18.2. The van der Waals surface area contributed by atoms with Crippen LogP contribution in [0.4, 0.5) is 4.39 Å². The van der Waals surface area contributed by atoms with Crippen molar-refractivity contribution in [2.45, 2.75) is 55.4 Å². The Morgan fingerprint density at radius 1 is 1.12 bits per heavy atom. The first-order valence-electron chi connectivity index (χ1n) is 10.9. The van der Waals surface area contributed by atoms with Gasteiger partial charge in [-0.1, -0.05) is 47.7 Å². The molecular weight excluding hydrogens is 447 g/mol. The molecule has 33 heavy (non-hydrogen) atoms. The largest absolute Gasteiger partial charge is 0.394 e. The van der Waals surface area contributed by atoms with Crippen LogP contribution in [0.3, 0.4) is 0 Å². The summed E-state index contributed by atoms with van der Waals surface area (Å²) in [6.45, 7) is 0.252. The van der Waals surface area contributed by atoms with Gasteiger partial charge >= 0.3 is 0 Å². The molecule has 0 saturated carbocycles. The maximum atomic E-state index is 14.0. The Labute approximate surface area is 192 Å². The van der Waals surface area contributed by atoms with Crippen molar-refractivity contribution in [3.63, 3.8) is 0 Å². The van der Waals surface area contributed by atoms with Gasteiger partial charge in [0.05, 0.1) is 30.6 Å². The van der Waals surface area contributed by atoms with Crippen molar-refractivity contribution < 1.29 is 22.7 Å². The Hall–Kier alpha value is -2.66. The van der Waals surface area contributed by atoms with Crippen molar-refractivity contribution in [3.05, 3.63) is 77.9 Å². The second kappa shape index (κ2) is 10.5. The number of halogens is 1. The van der Waals surface area contributed by atoms with E-state index in [1.807, 2.05) is 36.5 Å². The van der Waals surface area contributed by atoms with Gasteiger partial charge in [0.2, 0.25) is 10.0 Å². The molecule has 3 atom stereocenters. The van der Waals surface area contributed by atoms with Crippen LogP contribution in [0.5, 0.6) is 0 Å². The highest BCUT2D eigenvalue weighted by Crippen LogP contribution is 2.24. The lowest BCUT2D eigenvalue weighted by molar-refractivity contribution is -0.0891. The quantitative estimate of drug-likeness (QED) is 0.493. The van der Waals surface area contributed by atoms with E-state index in [9.17, 15) is 17.9 Å². The highest BCUT2D eigenvalue weighted by molar-refractivity contribution is 7.89. The van der Waals surface area contributed by atoms with Crippen LogP contribution in [-0.2, 0) is 27.7 Å². The maximum Gasteiger partial charge on any atom is 0.243 e. The predicted octanol–water partition coefficient (Wildman–Crippen LogP) is 2.29. The van der Waals surface area contributed by atoms with Gasteiger partial charge in [0.25, 0.3) is 0 Å². The number of sulfonamides is 1. The second-order valence-electron chi connectivity index (χ2n) is 8.14. The molecule has 8 nitrogen and oxygen atoms in total. The molecule has 0 bridgehead atoms. The van der Waals surface area contributed by atoms with Crippen LogP contribution >= 0.6 is 0 Å². The number of rotatable bonds is 9. The highest BCUT2D eigenvalue weighted by Gasteiger charge is 2.34. The number of hydrogen-bond acceptors (Lipinski definition) is 6. The average molecular weight is 475 g/mol. The van der Waals surface area contributed by atoms with Crippen LogP contribution in [-0.4, -0.2) is 53.4 Å². The molecule has 0 radical (unpaired) electrons. The smallest absolute Gasteiger partial charge is 0.243 e. The fourth-order valence-corrected chi connectivity index (χ4v) is 5.39. The van der Waals surface area contributed by atoms with Gasteiger partial charge in [-0.05, 0) is 37.0 Å². The number of aromatic nitrogens is 3. The van der Waals surface area contributed by atoms with Crippen molar-refractivity contribution in [1.29, 1.82) is 0 Å². The van der Waals surface area contributed by atoms with Gasteiger partial charge in [-0.2, -0.15) is 0 Å². The van der Waals surface area contributed by atoms with E-state index in [0.717, 1.165) is 17.3 Å². The Morgan fingerprint density at radius 3 is 2.64 bits per heavy atom.